The van der Waals surface area contributed by atoms with E-state index in [1.807, 2.05) is 4.68 Å². The Morgan fingerprint density at radius 3 is 2.92 bits per heavy atom. The molecule has 0 amide bonds. The van der Waals surface area contributed by atoms with E-state index in [2.05, 4.69) is 42.5 Å². The van der Waals surface area contributed by atoms with Crippen LogP contribution < -0.4 is 0 Å². The van der Waals surface area contributed by atoms with E-state index < -0.39 is 0 Å². The molecule has 0 aliphatic rings. The van der Waals surface area contributed by atoms with Gasteiger partial charge in [0.05, 0.1) is 4.88 Å². The number of aromatic nitrogens is 2. The molecule has 0 fully saturated rings. The van der Waals surface area contributed by atoms with Crippen molar-refractivity contribution in [1.29, 1.82) is 0 Å². The molecule has 0 N–H and O–H groups in total. The lowest BCUT2D eigenvalue weighted by atomic mass is 10.3. The molecule has 68 valence electrons. The minimum absolute atomic E-state index is 0.942. The Hall–Kier alpha value is -1.09. The fourth-order valence-electron chi connectivity index (χ4n) is 1.37. The summed E-state index contributed by atoms with van der Waals surface area (Å²) in [7, 11) is 0. The second kappa shape index (κ2) is 3.34. The van der Waals surface area contributed by atoms with Crippen LogP contribution in [0.25, 0.3) is 10.6 Å². The van der Waals surface area contributed by atoms with Gasteiger partial charge in [-0.2, -0.15) is 5.10 Å². The Labute approximate surface area is 81.8 Å². The summed E-state index contributed by atoms with van der Waals surface area (Å²) in [6.07, 6.45) is 0. The van der Waals surface area contributed by atoms with E-state index in [4.69, 9.17) is 0 Å². The minimum atomic E-state index is 0.942. The van der Waals surface area contributed by atoms with Crippen molar-refractivity contribution in [3.05, 3.63) is 29.3 Å². The van der Waals surface area contributed by atoms with Crippen molar-refractivity contribution in [2.75, 3.05) is 0 Å². The average Bonchev–Trinajstić information content (AvgIpc) is 2.71. The average molecular weight is 192 g/mol. The molecule has 0 bridgehead atoms. The standard InChI is InChI=1S/C10H12N2S/c1-3-12-8(2)7-9(11-12)10-5-4-6-13-10/h4-7H,3H2,1-2H3. The second-order valence-electron chi connectivity index (χ2n) is 2.96. The van der Waals surface area contributed by atoms with Gasteiger partial charge in [0, 0.05) is 12.2 Å². The van der Waals surface area contributed by atoms with Gasteiger partial charge in [0.25, 0.3) is 0 Å². The Kier molecular flexibility index (Phi) is 2.19. The monoisotopic (exact) mass is 192 g/mol. The van der Waals surface area contributed by atoms with Crippen LogP contribution in [0.4, 0.5) is 0 Å². The molecule has 0 saturated carbocycles. The van der Waals surface area contributed by atoms with Gasteiger partial charge in [0.15, 0.2) is 0 Å². The second-order valence-corrected chi connectivity index (χ2v) is 3.91. The predicted molar refractivity (Wildman–Crippen MR) is 56.0 cm³/mol. The van der Waals surface area contributed by atoms with E-state index in [1.165, 1.54) is 10.6 Å². The quantitative estimate of drug-likeness (QED) is 0.715. The van der Waals surface area contributed by atoms with Crippen molar-refractivity contribution in [2.45, 2.75) is 20.4 Å². The summed E-state index contributed by atoms with van der Waals surface area (Å²) in [6, 6.07) is 6.29. The summed E-state index contributed by atoms with van der Waals surface area (Å²) in [5, 5.41) is 6.58. The molecule has 0 atom stereocenters. The third-order valence-electron chi connectivity index (χ3n) is 2.05. The van der Waals surface area contributed by atoms with Gasteiger partial charge in [-0.15, -0.1) is 11.3 Å². The molecule has 2 aromatic rings. The van der Waals surface area contributed by atoms with Gasteiger partial charge in [0.2, 0.25) is 0 Å². The maximum atomic E-state index is 4.50. The number of aryl methyl sites for hydroxylation is 2. The molecule has 2 heterocycles. The molecule has 2 rings (SSSR count). The number of hydrogen-bond acceptors (Lipinski definition) is 2. The van der Waals surface area contributed by atoms with Crippen LogP contribution in [0.1, 0.15) is 12.6 Å². The van der Waals surface area contributed by atoms with E-state index in [9.17, 15) is 0 Å². The van der Waals surface area contributed by atoms with Crippen LogP contribution in [0, 0.1) is 6.92 Å². The van der Waals surface area contributed by atoms with Crippen molar-refractivity contribution < 1.29 is 0 Å². The van der Waals surface area contributed by atoms with Gasteiger partial charge in [0.1, 0.15) is 5.69 Å². The number of rotatable bonds is 2. The van der Waals surface area contributed by atoms with E-state index in [1.54, 1.807) is 11.3 Å². The van der Waals surface area contributed by atoms with Crippen LogP contribution in [0.2, 0.25) is 0 Å². The zero-order valence-electron chi connectivity index (χ0n) is 7.82. The third kappa shape index (κ3) is 1.52. The summed E-state index contributed by atoms with van der Waals surface area (Å²) in [6.45, 7) is 5.14. The fourth-order valence-corrected chi connectivity index (χ4v) is 2.06. The number of thiophene rings is 1. The summed E-state index contributed by atoms with van der Waals surface area (Å²) in [5.41, 5.74) is 2.32. The highest BCUT2D eigenvalue weighted by molar-refractivity contribution is 7.13. The highest BCUT2D eigenvalue weighted by Gasteiger charge is 2.05. The van der Waals surface area contributed by atoms with Gasteiger partial charge < -0.3 is 0 Å². The Morgan fingerprint density at radius 1 is 1.54 bits per heavy atom. The van der Waals surface area contributed by atoms with Gasteiger partial charge >= 0.3 is 0 Å². The zero-order valence-corrected chi connectivity index (χ0v) is 8.64. The normalized spacial score (nSPS) is 10.6. The Morgan fingerprint density at radius 2 is 2.38 bits per heavy atom. The van der Waals surface area contributed by atoms with E-state index in [-0.39, 0.29) is 0 Å². The molecule has 2 aromatic heterocycles. The molecule has 0 spiro atoms. The van der Waals surface area contributed by atoms with E-state index >= 15 is 0 Å². The lowest BCUT2D eigenvalue weighted by molar-refractivity contribution is 0.642. The van der Waals surface area contributed by atoms with Crippen molar-refractivity contribution in [2.24, 2.45) is 0 Å². The topological polar surface area (TPSA) is 17.8 Å². The summed E-state index contributed by atoms with van der Waals surface area (Å²) < 4.78 is 2.02. The smallest absolute Gasteiger partial charge is 0.103 e. The first-order valence-electron chi connectivity index (χ1n) is 4.39. The first-order chi connectivity index (χ1) is 6.31. The fraction of sp³-hybridized carbons (Fsp3) is 0.300. The van der Waals surface area contributed by atoms with Gasteiger partial charge in [-0.1, -0.05) is 6.07 Å². The molecule has 2 nitrogen and oxygen atoms in total. The van der Waals surface area contributed by atoms with E-state index in [0.717, 1.165) is 12.2 Å². The summed E-state index contributed by atoms with van der Waals surface area (Å²) >= 11 is 1.73. The molecule has 0 aromatic carbocycles. The van der Waals surface area contributed by atoms with Gasteiger partial charge in [-0.25, -0.2) is 0 Å². The first kappa shape index (κ1) is 8.51. The zero-order chi connectivity index (χ0) is 9.26. The van der Waals surface area contributed by atoms with Crippen molar-refractivity contribution in [3.63, 3.8) is 0 Å². The highest BCUT2D eigenvalue weighted by atomic mass is 32.1. The van der Waals surface area contributed by atoms with Gasteiger partial charge in [-0.05, 0) is 31.4 Å². The van der Waals surface area contributed by atoms with Crippen LogP contribution in [0.5, 0.6) is 0 Å². The Balaban J connectivity index is 2.43. The SMILES string of the molecule is CCn1nc(-c2cccs2)cc1C. The van der Waals surface area contributed by atoms with Crippen LogP contribution in [0.15, 0.2) is 23.6 Å². The Bertz CT molecular complexity index is 387. The highest BCUT2D eigenvalue weighted by Crippen LogP contribution is 2.23. The third-order valence-corrected chi connectivity index (χ3v) is 2.95. The molecule has 3 heteroatoms. The predicted octanol–water partition coefficient (Wildman–Crippen LogP) is 2.94. The lowest BCUT2D eigenvalue weighted by Gasteiger charge is -1.95. The molecular weight excluding hydrogens is 180 g/mol. The minimum Gasteiger partial charge on any atom is -0.270 e. The van der Waals surface area contributed by atoms with Crippen molar-refractivity contribution >= 4 is 11.3 Å². The van der Waals surface area contributed by atoms with Crippen molar-refractivity contribution in [1.82, 2.24) is 9.78 Å². The van der Waals surface area contributed by atoms with Crippen LogP contribution in [-0.2, 0) is 6.54 Å². The molecular formula is C10H12N2S. The molecule has 13 heavy (non-hydrogen) atoms. The first-order valence-corrected chi connectivity index (χ1v) is 5.27. The van der Waals surface area contributed by atoms with E-state index in [0.29, 0.717) is 0 Å². The van der Waals surface area contributed by atoms with Gasteiger partial charge in [-0.3, -0.25) is 4.68 Å². The molecule has 0 aliphatic heterocycles. The molecule has 0 saturated heterocycles. The van der Waals surface area contributed by atoms with Crippen LogP contribution in [-0.4, -0.2) is 9.78 Å². The maximum absolute atomic E-state index is 4.50. The van der Waals surface area contributed by atoms with Crippen LogP contribution >= 0.6 is 11.3 Å². The molecule has 0 unspecified atom stereocenters. The summed E-state index contributed by atoms with van der Waals surface area (Å²) in [5.74, 6) is 0. The van der Waals surface area contributed by atoms with Crippen LogP contribution in [0.3, 0.4) is 0 Å². The maximum Gasteiger partial charge on any atom is 0.103 e. The number of hydrogen-bond donors (Lipinski definition) is 0. The molecule has 0 aliphatic carbocycles. The largest absolute Gasteiger partial charge is 0.270 e. The summed E-state index contributed by atoms with van der Waals surface area (Å²) in [4.78, 5) is 1.25. The van der Waals surface area contributed by atoms with Crippen molar-refractivity contribution in [3.8, 4) is 10.6 Å². The number of nitrogens with zero attached hydrogens (tertiary/aromatic N) is 2. The lowest BCUT2D eigenvalue weighted by Crippen LogP contribution is -1.97. The molecule has 0 radical (unpaired) electrons.